The van der Waals surface area contributed by atoms with Crippen LogP contribution >= 0.6 is 0 Å². The number of carbonyl (C=O) groups is 2. The van der Waals surface area contributed by atoms with Crippen molar-refractivity contribution in [2.45, 2.75) is 13.3 Å². The van der Waals surface area contributed by atoms with Crippen LogP contribution in [0.5, 0.6) is 5.75 Å². The maximum Gasteiger partial charge on any atom is 0.335 e. The number of carboxylic acid groups (broad SMARTS) is 1. The minimum atomic E-state index is -1.01. The number of phenols is 1. The highest BCUT2D eigenvalue weighted by atomic mass is 16.4. The number of hydrogen-bond donors (Lipinski definition) is 3. The number of aromatic hydroxyl groups is 1. The minimum absolute atomic E-state index is 0.0484. The SMILES string of the molecule is Cc1cc(C(=O)O)ccc1NC(=O)Cc1ccccc1O. The molecule has 0 spiro atoms. The van der Waals surface area contributed by atoms with E-state index in [9.17, 15) is 14.7 Å². The van der Waals surface area contributed by atoms with Crippen LogP contribution in [0.25, 0.3) is 0 Å². The van der Waals surface area contributed by atoms with Crippen molar-refractivity contribution in [1.29, 1.82) is 0 Å². The van der Waals surface area contributed by atoms with Crippen LogP contribution in [0.3, 0.4) is 0 Å². The van der Waals surface area contributed by atoms with E-state index in [1.165, 1.54) is 18.2 Å². The van der Waals surface area contributed by atoms with Crippen molar-refractivity contribution >= 4 is 17.6 Å². The summed E-state index contributed by atoms with van der Waals surface area (Å²) in [7, 11) is 0. The van der Waals surface area contributed by atoms with Crippen LogP contribution in [0.1, 0.15) is 21.5 Å². The third kappa shape index (κ3) is 3.60. The summed E-state index contributed by atoms with van der Waals surface area (Å²) in [6.07, 6.45) is 0.0484. The normalized spacial score (nSPS) is 10.1. The summed E-state index contributed by atoms with van der Waals surface area (Å²) in [6, 6.07) is 11.1. The highest BCUT2D eigenvalue weighted by molar-refractivity contribution is 5.94. The molecule has 5 nitrogen and oxygen atoms in total. The molecule has 0 aromatic heterocycles. The minimum Gasteiger partial charge on any atom is -0.508 e. The number of aromatic carboxylic acids is 1. The van der Waals surface area contributed by atoms with Crippen molar-refractivity contribution in [3.8, 4) is 5.75 Å². The van der Waals surface area contributed by atoms with Gasteiger partial charge in [-0.25, -0.2) is 4.79 Å². The zero-order valence-corrected chi connectivity index (χ0v) is 11.5. The molecule has 5 heteroatoms. The van der Waals surface area contributed by atoms with Crippen molar-refractivity contribution in [2.24, 2.45) is 0 Å². The van der Waals surface area contributed by atoms with E-state index in [2.05, 4.69) is 5.32 Å². The fourth-order valence-electron chi connectivity index (χ4n) is 1.96. The number of anilines is 1. The van der Waals surface area contributed by atoms with Crippen molar-refractivity contribution < 1.29 is 19.8 Å². The molecule has 0 saturated heterocycles. The highest BCUT2D eigenvalue weighted by Crippen LogP contribution is 2.19. The number of carboxylic acids is 1. The molecule has 0 atom stereocenters. The number of hydrogen-bond acceptors (Lipinski definition) is 3. The molecule has 1 amide bonds. The standard InChI is InChI=1S/C16H15NO4/c1-10-8-12(16(20)21)6-7-13(10)17-15(19)9-11-4-2-3-5-14(11)18/h2-8,18H,9H2,1H3,(H,17,19)(H,20,21). The van der Waals surface area contributed by atoms with Gasteiger partial charge in [0, 0.05) is 11.3 Å². The molecule has 0 aliphatic carbocycles. The van der Waals surface area contributed by atoms with E-state index in [0.717, 1.165) is 0 Å². The maximum atomic E-state index is 12.0. The van der Waals surface area contributed by atoms with Crippen LogP contribution < -0.4 is 5.32 Å². The molecule has 0 heterocycles. The van der Waals surface area contributed by atoms with Gasteiger partial charge >= 0.3 is 5.97 Å². The Hall–Kier alpha value is -2.82. The number of rotatable bonds is 4. The molecule has 0 unspecified atom stereocenters. The zero-order valence-electron chi connectivity index (χ0n) is 11.5. The van der Waals surface area contributed by atoms with Gasteiger partial charge in [0.2, 0.25) is 5.91 Å². The van der Waals surface area contributed by atoms with Gasteiger partial charge in [-0.3, -0.25) is 4.79 Å². The summed E-state index contributed by atoms with van der Waals surface area (Å²) < 4.78 is 0. The van der Waals surface area contributed by atoms with Crippen molar-refractivity contribution in [2.75, 3.05) is 5.32 Å². The Morgan fingerprint density at radius 2 is 1.86 bits per heavy atom. The summed E-state index contributed by atoms with van der Waals surface area (Å²) in [5.74, 6) is -1.21. The molecule has 0 radical (unpaired) electrons. The average Bonchev–Trinajstić information content (AvgIpc) is 2.43. The van der Waals surface area contributed by atoms with E-state index in [1.54, 1.807) is 31.2 Å². The lowest BCUT2D eigenvalue weighted by Gasteiger charge is -2.10. The summed E-state index contributed by atoms with van der Waals surface area (Å²) in [6.45, 7) is 1.72. The monoisotopic (exact) mass is 285 g/mol. The van der Waals surface area contributed by atoms with Crippen LogP contribution in [-0.2, 0) is 11.2 Å². The molecule has 0 bridgehead atoms. The smallest absolute Gasteiger partial charge is 0.335 e. The van der Waals surface area contributed by atoms with Gasteiger partial charge in [-0.15, -0.1) is 0 Å². The number of amides is 1. The predicted molar refractivity (Wildman–Crippen MR) is 78.6 cm³/mol. The Labute approximate surface area is 121 Å². The van der Waals surface area contributed by atoms with Gasteiger partial charge in [0.15, 0.2) is 0 Å². The molecule has 2 rings (SSSR count). The second kappa shape index (κ2) is 6.09. The molecule has 2 aromatic rings. The van der Waals surface area contributed by atoms with Gasteiger partial charge < -0.3 is 15.5 Å². The van der Waals surface area contributed by atoms with Gasteiger partial charge in [-0.2, -0.15) is 0 Å². The van der Waals surface area contributed by atoms with Gasteiger partial charge in [-0.1, -0.05) is 18.2 Å². The highest BCUT2D eigenvalue weighted by Gasteiger charge is 2.10. The third-order valence-electron chi connectivity index (χ3n) is 3.09. The fraction of sp³-hybridized carbons (Fsp3) is 0.125. The number of phenolic OH excluding ortho intramolecular Hbond substituents is 1. The topological polar surface area (TPSA) is 86.6 Å². The van der Waals surface area contributed by atoms with E-state index < -0.39 is 5.97 Å². The Balaban J connectivity index is 2.10. The van der Waals surface area contributed by atoms with E-state index in [0.29, 0.717) is 16.8 Å². The van der Waals surface area contributed by atoms with Crippen LogP contribution in [-0.4, -0.2) is 22.1 Å². The first kappa shape index (κ1) is 14.6. The number of nitrogens with one attached hydrogen (secondary N) is 1. The lowest BCUT2D eigenvalue weighted by Crippen LogP contribution is -2.15. The second-order valence-corrected chi connectivity index (χ2v) is 4.69. The Bertz CT molecular complexity index is 694. The molecule has 108 valence electrons. The Morgan fingerprint density at radius 1 is 1.14 bits per heavy atom. The number of benzene rings is 2. The maximum absolute atomic E-state index is 12.0. The number of para-hydroxylation sites is 1. The Morgan fingerprint density at radius 3 is 2.48 bits per heavy atom. The molecule has 2 aromatic carbocycles. The molecular weight excluding hydrogens is 270 g/mol. The molecule has 0 aliphatic rings. The molecular formula is C16H15NO4. The first-order valence-corrected chi connectivity index (χ1v) is 6.38. The molecule has 0 aliphatic heterocycles. The van der Waals surface area contributed by atoms with Gasteiger partial charge in [0.1, 0.15) is 5.75 Å². The zero-order chi connectivity index (χ0) is 15.4. The number of aryl methyl sites for hydroxylation is 1. The second-order valence-electron chi connectivity index (χ2n) is 4.69. The fourth-order valence-corrected chi connectivity index (χ4v) is 1.96. The van der Waals surface area contributed by atoms with Crippen molar-refractivity contribution in [3.05, 3.63) is 59.2 Å². The third-order valence-corrected chi connectivity index (χ3v) is 3.09. The van der Waals surface area contributed by atoms with E-state index in [4.69, 9.17) is 5.11 Å². The van der Waals surface area contributed by atoms with E-state index in [-0.39, 0.29) is 23.6 Å². The quantitative estimate of drug-likeness (QED) is 0.805. The summed E-state index contributed by atoms with van der Waals surface area (Å²) >= 11 is 0. The van der Waals surface area contributed by atoms with Crippen molar-refractivity contribution in [3.63, 3.8) is 0 Å². The Kier molecular flexibility index (Phi) is 4.23. The summed E-state index contributed by atoms with van der Waals surface area (Å²) in [5.41, 5.74) is 1.93. The van der Waals surface area contributed by atoms with E-state index in [1.807, 2.05) is 0 Å². The molecule has 3 N–H and O–H groups in total. The van der Waals surface area contributed by atoms with E-state index >= 15 is 0 Å². The summed E-state index contributed by atoms with van der Waals surface area (Å²) in [4.78, 5) is 22.8. The number of carbonyl (C=O) groups excluding carboxylic acids is 1. The van der Waals surface area contributed by atoms with Crippen LogP contribution in [0.15, 0.2) is 42.5 Å². The first-order valence-electron chi connectivity index (χ1n) is 6.38. The first-order chi connectivity index (χ1) is 9.97. The molecule has 21 heavy (non-hydrogen) atoms. The predicted octanol–water partition coefficient (Wildman–Crippen LogP) is 2.58. The van der Waals surface area contributed by atoms with Gasteiger partial charge in [-0.05, 0) is 36.8 Å². The summed E-state index contributed by atoms with van der Waals surface area (Å²) in [5, 5.41) is 21.2. The van der Waals surface area contributed by atoms with Crippen molar-refractivity contribution in [1.82, 2.24) is 0 Å². The van der Waals surface area contributed by atoms with Crippen LogP contribution in [0.4, 0.5) is 5.69 Å². The molecule has 0 fully saturated rings. The van der Waals surface area contributed by atoms with Crippen LogP contribution in [0, 0.1) is 6.92 Å². The van der Waals surface area contributed by atoms with Gasteiger partial charge in [0.25, 0.3) is 0 Å². The largest absolute Gasteiger partial charge is 0.508 e. The molecule has 0 saturated carbocycles. The average molecular weight is 285 g/mol. The lowest BCUT2D eigenvalue weighted by molar-refractivity contribution is -0.115. The lowest BCUT2D eigenvalue weighted by atomic mass is 10.1. The van der Waals surface area contributed by atoms with Crippen LogP contribution in [0.2, 0.25) is 0 Å². The van der Waals surface area contributed by atoms with Gasteiger partial charge in [0.05, 0.1) is 12.0 Å².